The summed E-state index contributed by atoms with van der Waals surface area (Å²) in [7, 11) is -6.77. The first kappa shape index (κ1) is 39.0. The van der Waals surface area contributed by atoms with Crippen LogP contribution in [0.3, 0.4) is 0 Å². The second-order valence-electron chi connectivity index (χ2n) is 18.8. The number of rotatable bonds is 10. The fraction of sp³-hybridized carbons (Fsp3) is 0.658. The van der Waals surface area contributed by atoms with Gasteiger partial charge in [-0.1, -0.05) is 87.1 Å². The largest absolute Gasteiger partial charge is 0.414 e. The summed E-state index contributed by atoms with van der Waals surface area (Å²) in [5, 5.41) is 0.00102. The number of hydrogen-bond donors (Lipinski definition) is 0. The van der Waals surface area contributed by atoms with Gasteiger partial charge in [0.05, 0.1) is 6.61 Å². The Hall–Kier alpha value is -2.20. The highest BCUT2D eigenvalue weighted by molar-refractivity contribution is 6.75. The van der Waals surface area contributed by atoms with Crippen LogP contribution in [0.1, 0.15) is 79.9 Å². The van der Waals surface area contributed by atoms with Gasteiger partial charge in [0.25, 0.3) is 0 Å². The van der Waals surface area contributed by atoms with Crippen LogP contribution in [0, 0.1) is 0 Å². The van der Waals surface area contributed by atoms with Crippen molar-refractivity contribution in [1.82, 2.24) is 19.5 Å². The number of nitrogens with zero attached hydrogens (tertiary/aromatic N) is 5. The summed E-state index contributed by atoms with van der Waals surface area (Å²) < 4.78 is 31.1. The van der Waals surface area contributed by atoms with E-state index in [1.54, 1.807) is 12.4 Å². The van der Waals surface area contributed by atoms with Crippen molar-refractivity contribution in [2.45, 2.75) is 148 Å². The Kier molecular flexibility index (Phi) is 10.4. The number of aromatic nitrogens is 4. The summed E-state index contributed by atoms with van der Waals surface area (Å²) in [6.07, 6.45) is 2.66. The van der Waals surface area contributed by atoms with Gasteiger partial charge in [0.1, 0.15) is 30.5 Å². The molecular weight excluding hydrogens is 675 g/mol. The van der Waals surface area contributed by atoms with E-state index in [2.05, 4.69) is 142 Å². The van der Waals surface area contributed by atoms with Crippen LogP contribution in [0.4, 0.5) is 11.5 Å². The smallest absolute Gasteiger partial charge is 0.192 e. The van der Waals surface area contributed by atoms with Crippen molar-refractivity contribution in [2.75, 3.05) is 18.1 Å². The molecule has 2 aliphatic rings. The Balaban J connectivity index is 1.68. The summed E-state index contributed by atoms with van der Waals surface area (Å²) in [6.45, 7) is 39.8. The molecule has 0 unspecified atom stereocenters. The Bertz CT molecular complexity index is 1700. The highest BCUT2D eigenvalue weighted by Gasteiger charge is 2.55. The van der Waals surface area contributed by atoms with Gasteiger partial charge in [-0.2, -0.15) is 0 Å². The lowest BCUT2D eigenvalue weighted by molar-refractivity contribution is -0.0473. The number of ether oxygens (including phenoxy) is 1. The molecule has 5 rings (SSSR count). The number of anilines is 2. The second-order valence-corrected chi connectivity index (χ2v) is 33.1. The minimum atomic E-state index is -2.35. The van der Waals surface area contributed by atoms with Crippen LogP contribution in [0.25, 0.3) is 17.2 Å². The van der Waals surface area contributed by atoms with Gasteiger partial charge in [0.2, 0.25) is 0 Å². The molecule has 1 aromatic carbocycles. The average Bonchev–Trinajstić information content (AvgIpc) is 3.67. The Morgan fingerprint density at radius 3 is 2.00 bits per heavy atom. The zero-order valence-corrected chi connectivity index (χ0v) is 36.5. The molecule has 0 radical (unpaired) electrons. The molecule has 50 heavy (non-hydrogen) atoms. The van der Waals surface area contributed by atoms with Crippen molar-refractivity contribution in [3.63, 3.8) is 0 Å². The number of para-hydroxylation sites is 1. The molecule has 1 saturated heterocycles. The van der Waals surface area contributed by atoms with Crippen LogP contribution in [-0.4, -0.2) is 75.9 Å². The SMILES string of the molecule is C=Cc1nc2c(N3CCc4ccccc43)ncnc2n1[C@@H]1O[C@H](CO[Si](C)(C)C(C)(C)C)[C@@H](O[Si](C)(C)C(C)(C)C)[C@H]1O[Si](C)(C)C(C)(C)C. The quantitative estimate of drug-likeness (QED) is 0.190. The zero-order chi connectivity index (χ0) is 37.2. The maximum Gasteiger partial charge on any atom is 0.192 e. The van der Waals surface area contributed by atoms with Crippen molar-refractivity contribution in [3.8, 4) is 0 Å². The fourth-order valence-electron chi connectivity index (χ4n) is 5.92. The summed E-state index contributed by atoms with van der Waals surface area (Å²) in [6, 6.07) is 8.51. The lowest BCUT2D eigenvalue weighted by Crippen LogP contribution is -2.54. The molecule has 276 valence electrons. The highest BCUT2D eigenvalue weighted by Crippen LogP contribution is 2.48. The van der Waals surface area contributed by atoms with Crippen molar-refractivity contribution in [2.24, 2.45) is 0 Å². The van der Waals surface area contributed by atoms with E-state index in [0.29, 0.717) is 18.1 Å². The molecule has 0 bridgehead atoms. The first-order valence-electron chi connectivity index (χ1n) is 18.3. The van der Waals surface area contributed by atoms with E-state index < -0.39 is 37.3 Å². The minimum absolute atomic E-state index is 0.0143. The third-order valence-electron chi connectivity index (χ3n) is 12.2. The predicted molar refractivity (Wildman–Crippen MR) is 214 cm³/mol. The van der Waals surface area contributed by atoms with Gasteiger partial charge in [-0.25, -0.2) is 15.0 Å². The van der Waals surface area contributed by atoms with Crippen molar-refractivity contribution in [3.05, 3.63) is 48.6 Å². The van der Waals surface area contributed by atoms with Gasteiger partial charge < -0.3 is 22.9 Å². The topological polar surface area (TPSA) is 83.8 Å². The van der Waals surface area contributed by atoms with Crippen LogP contribution in [-0.2, 0) is 24.4 Å². The molecule has 0 N–H and O–H groups in total. The van der Waals surface area contributed by atoms with Gasteiger partial charge >= 0.3 is 0 Å². The summed E-state index contributed by atoms with van der Waals surface area (Å²) in [5.41, 5.74) is 3.88. The summed E-state index contributed by atoms with van der Waals surface area (Å²) >= 11 is 0. The van der Waals surface area contributed by atoms with E-state index in [9.17, 15) is 0 Å². The molecule has 0 amide bonds. The zero-order valence-electron chi connectivity index (χ0n) is 33.5. The number of benzene rings is 1. The monoisotopic (exact) mass is 737 g/mol. The van der Waals surface area contributed by atoms with E-state index in [4.69, 9.17) is 33.0 Å². The maximum atomic E-state index is 7.46. The Morgan fingerprint density at radius 2 is 1.42 bits per heavy atom. The Labute approximate surface area is 304 Å². The lowest BCUT2D eigenvalue weighted by Gasteiger charge is -2.44. The molecule has 9 nitrogen and oxygen atoms in total. The number of imidazole rings is 1. The van der Waals surface area contributed by atoms with Gasteiger partial charge in [-0.3, -0.25) is 4.57 Å². The maximum absolute atomic E-state index is 7.46. The minimum Gasteiger partial charge on any atom is -0.414 e. The molecule has 3 aromatic rings. The summed E-state index contributed by atoms with van der Waals surface area (Å²) in [5.74, 6) is 1.45. The average molecular weight is 738 g/mol. The summed E-state index contributed by atoms with van der Waals surface area (Å²) in [4.78, 5) is 17.1. The molecule has 12 heteroatoms. The molecule has 0 spiro atoms. The molecule has 4 atom stereocenters. The van der Waals surface area contributed by atoms with Gasteiger partial charge in [0.15, 0.2) is 48.2 Å². The number of fused-ring (bicyclic) bond motifs is 2. The van der Waals surface area contributed by atoms with Gasteiger partial charge in [-0.15, -0.1) is 0 Å². The molecular formula is C38H63N5O4Si3. The third-order valence-corrected chi connectivity index (χ3v) is 25.7. The third kappa shape index (κ3) is 7.22. The van der Waals surface area contributed by atoms with Crippen molar-refractivity contribution < 1.29 is 18.0 Å². The van der Waals surface area contributed by atoms with E-state index >= 15 is 0 Å². The van der Waals surface area contributed by atoms with Crippen LogP contribution in [0.5, 0.6) is 0 Å². The second kappa shape index (κ2) is 13.3. The van der Waals surface area contributed by atoms with E-state index in [1.807, 2.05) is 0 Å². The van der Waals surface area contributed by atoms with Crippen LogP contribution >= 0.6 is 0 Å². The first-order chi connectivity index (χ1) is 22.9. The molecule has 0 saturated carbocycles. The van der Waals surface area contributed by atoms with Crippen LogP contribution < -0.4 is 4.90 Å². The Morgan fingerprint density at radius 1 is 0.840 bits per heavy atom. The molecule has 2 aliphatic heterocycles. The number of hydrogen-bond acceptors (Lipinski definition) is 8. The fourth-order valence-corrected chi connectivity index (χ4v) is 9.54. The molecule has 0 aliphatic carbocycles. The van der Waals surface area contributed by atoms with E-state index in [0.717, 1.165) is 30.0 Å². The van der Waals surface area contributed by atoms with Crippen molar-refractivity contribution in [1.29, 1.82) is 0 Å². The standard InChI is InChI=1S/C38H63N5O4Si3/c1-17-29-41-30-33(42-23-22-26-20-18-19-21-27(26)42)39-25-40-34(30)43(29)35-32(47-50(15,16)38(8,9)10)31(46-49(13,14)37(5,6)7)28(45-35)24-44-48(11,12)36(2,3)4/h17-21,25,28,31-32,35H,1,22-24H2,2-16H3/t28-,31-,32-,35-/m1/s1. The first-order valence-corrected chi connectivity index (χ1v) is 27.0. The van der Waals surface area contributed by atoms with Gasteiger partial charge in [0, 0.05) is 12.2 Å². The van der Waals surface area contributed by atoms with Crippen molar-refractivity contribution >= 4 is 53.7 Å². The van der Waals surface area contributed by atoms with Gasteiger partial charge in [-0.05, 0) is 78.5 Å². The highest BCUT2D eigenvalue weighted by atomic mass is 28.4. The van der Waals surface area contributed by atoms with E-state index in [1.165, 1.54) is 5.56 Å². The molecule has 4 heterocycles. The van der Waals surface area contributed by atoms with Crippen LogP contribution in [0.2, 0.25) is 54.4 Å². The molecule has 2 aromatic heterocycles. The predicted octanol–water partition coefficient (Wildman–Crippen LogP) is 9.86. The molecule has 1 fully saturated rings. The van der Waals surface area contributed by atoms with Crippen LogP contribution in [0.15, 0.2) is 37.2 Å². The normalized spacial score (nSPS) is 22.4. The van der Waals surface area contributed by atoms with E-state index in [-0.39, 0.29) is 27.3 Å². The lowest BCUT2D eigenvalue weighted by atomic mass is 10.1.